The van der Waals surface area contributed by atoms with E-state index in [-0.39, 0.29) is 0 Å². The van der Waals surface area contributed by atoms with Crippen molar-refractivity contribution in [1.29, 1.82) is 0 Å². The number of hydrogen-bond donors (Lipinski definition) is 0. The van der Waals surface area contributed by atoms with Crippen molar-refractivity contribution < 1.29 is 0 Å². The molecule has 0 atom stereocenters. The largest absolute Gasteiger partial charge is 0.179 e. The second kappa shape index (κ2) is 4.12. The van der Waals surface area contributed by atoms with Crippen LogP contribution in [0.5, 0.6) is 0 Å². The van der Waals surface area contributed by atoms with Crippen molar-refractivity contribution in [2.24, 2.45) is 9.63 Å². The fourth-order valence-corrected chi connectivity index (χ4v) is 0.424. The third-order valence-electron chi connectivity index (χ3n) is 0.360. The van der Waals surface area contributed by atoms with Crippen molar-refractivity contribution in [2.45, 2.75) is 19.9 Å². The summed E-state index contributed by atoms with van der Waals surface area (Å²) in [5.74, 6) is 0. The Kier molecular flexibility index (Phi) is 4.09. The summed E-state index contributed by atoms with van der Waals surface area (Å²) in [7, 11) is 0. The smallest absolute Gasteiger partial charge is 0.0662 e. The summed E-state index contributed by atoms with van der Waals surface area (Å²) < 4.78 is 3.71. The first kappa shape index (κ1) is 6.95. The van der Waals surface area contributed by atoms with Crippen molar-refractivity contribution in [3.8, 4) is 0 Å². The van der Waals surface area contributed by atoms with Crippen LogP contribution in [0, 0.1) is 0 Å². The molecule has 0 bridgehead atoms. The average Bonchev–Trinajstić information content (AvgIpc) is 1.61. The van der Waals surface area contributed by atoms with E-state index in [0.717, 1.165) is 0 Å². The lowest BCUT2D eigenvalue weighted by atomic mass is 10.4. The maximum Gasteiger partial charge on any atom is 0.0662 e. The Hall–Kier alpha value is -0.0500. The minimum absolute atomic E-state index is 0.340. The van der Waals surface area contributed by atoms with Crippen molar-refractivity contribution in [2.75, 3.05) is 6.26 Å². The Labute approximate surface area is 48.5 Å². The summed E-state index contributed by atoms with van der Waals surface area (Å²) in [5, 5.41) is 3.83. The molecule has 0 aromatic carbocycles. The van der Waals surface area contributed by atoms with Crippen molar-refractivity contribution in [1.82, 2.24) is 0 Å². The minimum Gasteiger partial charge on any atom is -0.179 e. The monoisotopic (exact) mass is 118 g/mol. The third kappa shape index (κ3) is 5.95. The molecule has 0 radical (unpaired) electrons. The highest BCUT2D eigenvalue weighted by atomic mass is 32.2. The SMILES string of the molecule is CSN=NC(C)C. The molecule has 0 heterocycles. The molecule has 0 aliphatic heterocycles. The molecule has 0 N–H and O–H groups in total. The molecule has 42 valence electrons. The summed E-state index contributed by atoms with van der Waals surface area (Å²) in [4.78, 5) is 0. The molecule has 0 fully saturated rings. The molecule has 2 nitrogen and oxygen atoms in total. The van der Waals surface area contributed by atoms with Gasteiger partial charge in [0.1, 0.15) is 0 Å². The van der Waals surface area contributed by atoms with Gasteiger partial charge in [0.05, 0.1) is 6.04 Å². The predicted molar refractivity (Wildman–Crippen MR) is 33.5 cm³/mol. The van der Waals surface area contributed by atoms with Gasteiger partial charge in [-0.1, -0.05) is 0 Å². The first-order valence-electron chi connectivity index (χ1n) is 2.20. The first-order valence-corrected chi connectivity index (χ1v) is 3.39. The molecule has 0 saturated carbocycles. The van der Waals surface area contributed by atoms with Gasteiger partial charge in [-0.15, -0.1) is 4.52 Å². The van der Waals surface area contributed by atoms with E-state index in [9.17, 15) is 0 Å². The van der Waals surface area contributed by atoms with Crippen LogP contribution in [0.15, 0.2) is 9.63 Å². The van der Waals surface area contributed by atoms with Gasteiger partial charge in [0.15, 0.2) is 0 Å². The number of hydrogen-bond acceptors (Lipinski definition) is 3. The maximum atomic E-state index is 3.83. The lowest BCUT2D eigenvalue weighted by Crippen LogP contribution is -1.82. The Morgan fingerprint density at radius 2 is 2.00 bits per heavy atom. The Balaban J connectivity index is 3.08. The van der Waals surface area contributed by atoms with Crippen LogP contribution in [0.25, 0.3) is 0 Å². The van der Waals surface area contributed by atoms with E-state index in [2.05, 4.69) is 9.63 Å². The van der Waals surface area contributed by atoms with Crippen LogP contribution in [0.2, 0.25) is 0 Å². The fourth-order valence-electron chi connectivity index (χ4n) is 0.141. The molecule has 0 aromatic rings. The van der Waals surface area contributed by atoms with Crippen LogP contribution >= 0.6 is 11.9 Å². The zero-order valence-corrected chi connectivity index (χ0v) is 5.70. The molecule has 0 spiro atoms. The van der Waals surface area contributed by atoms with Gasteiger partial charge in [-0.05, 0) is 25.8 Å². The van der Waals surface area contributed by atoms with Crippen molar-refractivity contribution in [3.05, 3.63) is 0 Å². The maximum absolute atomic E-state index is 3.83. The topological polar surface area (TPSA) is 24.7 Å². The molecule has 0 amide bonds. The highest BCUT2D eigenvalue weighted by Crippen LogP contribution is 1.96. The summed E-state index contributed by atoms with van der Waals surface area (Å²) in [6.07, 6.45) is 1.89. The highest BCUT2D eigenvalue weighted by Gasteiger charge is 1.80. The van der Waals surface area contributed by atoms with E-state index in [4.69, 9.17) is 0 Å². The van der Waals surface area contributed by atoms with E-state index in [1.807, 2.05) is 20.1 Å². The summed E-state index contributed by atoms with van der Waals surface area (Å²) in [6, 6.07) is 0.340. The number of rotatable bonds is 2. The predicted octanol–water partition coefficient (Wildman–Crippen LogP) is 2.12. The van der Waals surface area contributed by atoms with E-state index in [1.165, 1.54) is 11.9 Å². The van der Waals surface area contributed by atoms with Gasteiger partial charge in [-0.25, -0.2) is 0 Å². The molecule has 0 rings (SSSR count). The van der Waals surface area contributed by atoms with Crippen LogP contribution < -0.4 is 0 Å². The zero-order valence-electron chi connectivity index (χ0n) is 4.88. The summed E-state index contributed by atoms with van der Waals surface area (Å²) in [5.41, 5.74) is 0. The minimum atomic E-state index is 0.340. The Morgan fingerprint density at radius 3 is 2.14 bits per heavy atom. The van der Waals surface area contributed by atoms with Gasteiger partial charge in [-0.2, -0.15) is 5.11 Å². The summed E-state index contributed by atoms with van der Waals surface area (Å²) >= 11 is 1.39. The molecule has 3 heteroatoms. The first-order chi connectivity index (χ1) is 3.27. The van der Waals surface area contributed by atoms with Gasteiger partial charge in [-0.3, -0.25) is 0 Å². The quantitative estimate of drug-likeness (QED) is 0.402. The third-order valence-corrected chi connectivity index (χ3v) is 0.617. The molecule has 0 unspecified atom stereocenters. The van der Waals surface area contributed by atoms with Gasteiger partial charge in [0.2, 0.25) is 0 Å². The fraction of sp³-hybridized carbons (Fsp3) is 1.00. The molecule has 0 aliphatic carbocycles. The highest BCUT2D eigenvalue weighted by molar-refractivity contribution is 7.97. The van der Waals surface area contributed by atoms with Crippen LogP contribution in [-0.4, -0.2) is 12.3 Å². The lowest BCUT2D eigenvalue weighted by molar-refractivity contribution is 0.793. The molecule has 7 heavy (non-hydrogen) atoms. The molecule has 0 aromatic heterocycles. The standard InChI is InChI=1S/C4H10N2S/c1-4(2)5-6-7-3/h4H,1-3H3. The van der Waals surface area contributed by atoms with E-state index in [1.54, 1.807) is 0 Å². The van der Waals surface area contributed by atoms with Crippen LogP contribution in [0.3, 0.4) is 0 Å². The summed E-state index contributed by atoms with van der Waals surface area (Å²) in [6.45, 7) is 4.00. The van der Waals surface area contributed by atoms with Crippen molar-refractivity contribution >= 4 is 11.9 Å². The second-order valence-corrected chi connectivity index (χ2v) is 2.00. The Morgan fingerprint density at radius 1 is 1.43 bits per heavy atom. The van der Waals surface area contributed by atoms with Gasteiger partial charge >= 0.3 is 0 Å². The van der Waals surface area contributed by atoms with Crippen LogP contribution in [0.4, 0.5) is 0 Å². The van der Waals surface area contributed by atoms with E-state index >= 15 is 0 Å². The second-order valence-electron chi connectivity index (χ2n) is 1.47. The van der Waals surface area contributed by atoms with Crippen LogP contribution in [-0.2, 0) is 0 Å². The molecule has 0 aliphatic rings. The van der Waals surface area contributed by atoms with E-state index in [0.29, 0.717) is 6.04 Å². The van der Waals surface area contributed by atoms with Crippen LogP contribution in [0.1, 0.15) is 13.8 Å². The lowest BCUT2D eigenvalue weighted by Gasteiger charge is -1.87. The van der Waals surface area contributed by atoms with Crippen molar-refractivity contribution in [3.63, 3.8) is 0 Å². The average molecular weight is 118 g/mol. The molecular weight excluding hydrogens is 108 g/mol. The molecular formula is C4H10N2S. The van der Waals surface area contributed by atoms with E-state index < -0.39 is 0 Å². The Bertz CT molecular complexity index is 60.7. The number of nitrogens with zero attached hydrogens (tertiary/aromatic N) is 2. The zero-order chi connectivity index (χ0) is 5.70. The molecule has 0 saturated heterocycles. The van der Waals surface area contributed by atoms with Gasteiger partial charge < -0.3 is 0 Å². The van der Waals surface area contributed by atoms with Gasteiger partial charge in [0.25, 0.3) is 0 Å². The normalized spacial score (nSPS) is 11.4. The van der Waals surface area contributed by atoms with Gasteiger partial charge in [0, 0.05) is 6.26 Å².